The molecule has 2 aromatic rings. The van der Waals surface area contributed by atoms with Crippen molar-refractivity contribution in [3.63, 3.8) is 0 Å². The first kappa shape index (κ1) is 14.9. The lowest BCUT2D eigenvalue weighted by molar-refractivity contribution is 0.602. The quantitative estimate of drug-likeness (QED) is 0.818. The van der Waals surface area contributed by atoms with Crippen molar-refractivity contribution in [3.8, 4) is 6.07 Å². The first-order chi connectivity index (χ1) is 9.91. The summed E-state index contributed by atoms with van der Waals surface area (Å²) in [5.41, 5.74) is 1.78. The number of benzene rings is 2. The van der Waals surface area contributed by atoms with Crippen molar-refractivity contribution in [3.05, 3.63) is 71.6 Å². The van der Waals surface area contributed by atoms with Gasteiger partial charge < -0.3 is 0 Å². The number of hydrogen-bond donors (Lipinski definition) is 0. The number of halogens is 1. The molecular formula is C16H12FNO2S. The van der Waals surface area contributed by atoms with E-state index in [0.717, 1.165) is 6.26 Å². The Morgan fingerprint density at radius 3 is 2.38 bits per heavy atom. The molecule has 0 aliphatic heterocycles. The first-order valence-electron chi connectivity index (χ1n) is 6.08. The Balaban J connectivity index is 2.58. The van der Waals surface area contributed by atoms with Gasteiger partial charge >= 0.3 is 0 Å². The zero-order valence-corrected chi connectivity index (χ0v) is 12.1. The Bertz CT molecular complexity index is 831. The number of nitriles is 1. The van der Waals surface area contributed by atoms with Gasteiger partial charge in [-0.25, -0.2) is 12.8 Å². The molecule has 0 atom stereocenters. The molecular weight excluding hydrogens is 289 g/mol. The molecule has 2 aromatic carbocycles. The third kappa shape index (κ3) is 3.56. The third-order valence-corrected chi connectivity index (χ3v) is 4.05. The van der Waals surface area contributed by atoms with Gasteiger partial charge in [0.1, 0.15) is 5.82 Å². The van der Waals surface area contributed by atoms with E-state index >= 15 is 0 Å². The van der Waals surface area contributed by atoms with Crippen molar-refractivity contribution in [1.82, 2.24) is 0 Å². The lowest BCUT2D eigenvalue weighted by Gasteiger charge is -2.08. The van der Waals surface area contributed by atoms with Crippen molar-refractivity contribution in [2.45, 2.75) is 4.90 Å². The predicted molar refractivity (Wildman–Crippen MR) is 78.6 cm³/mol. The Labute approximate surface area is 122 Å². The van der Waals surface area contributed by atoms with E-state index < -0.39 is 9.84 Å². The molecule has 5 heteroatoms. The lowest BCUT2D eigenvalue weighted by Crippen LogP contribution is -1.98. The smallest absolute Gasteiger partial charge is 0.175 e. The molecule has 0 unspecified atom stereocenters. The summed E-state index contributed by atoms with van der Waals surface area (Å²) >= 11 is 0. The Morgan fingerprint density at radius 2 is 1.81 bits per heavy atom. The van der Waals surface area contributed by atoms with Crippen LogP contribution in [0, 0.1) is 17.1 Å². The van der Waals surface area contributed by atoms with Gasteiger partial charge in [-0.05, 0) is 41.0 Å². The number of hydrogen-bond acceptors (Lipinski definition) is 3. The van der Waals surface area contributed by atoms with E-state index in [1.54, 1.807) is 24.3 Å². The average Bonchev–Trinajstić information content (AvgIpc) is 2.45. The van der Waals surface area contributed by atoms with Crippen LogP contribution in [0.2, 0.25) is 0 Å². The fourth-order valence-electron chi connectivity index (χ4n) is 1.92. The van der Waals surface area contributed by atoms with E-state index in [4.69, 9.17) is 5.26 Å². The molecule has 0 aliphatic carbocycles. The summed E-state index contributed by atoms with van der Waals surface area (Å²) in [7, 11) is -3.33. The highest BCUT2D eigenvalue weighted by Crippen LogP contribution is 2.25. The van der Waals surface area contributed by atoms with Crippen LogP contribution in [-0.2, 0) is 9.84 Å². The molecule has 0 bridgehead atoms. The SMILES string of the molecule is CS(=O)(=O)c1cccc(C(=CC#N)c2ccc(F)cc2)c1. The van der Waals surface area contributed by atoms with E-state index in [2.05, 4.69) is 0 Å². The standard InChI is InChI=1S/C16H12FNO2S/c1-21(19,20)15-4-2-3-13(11-15)16(9-10-18)12-5-7-14(17)8-6-12/h2-9,11H,1H3. The maximum atomic E-state index is 13.0. The zero-order chi connectivity index (χ0) is 15.5. The largest absolute Gasteiger partial charge is 0.224 e. The summed E-state index contributed by atoms with van der Waals surface area (Å²) in [6.07, 6.45) is 2.44. The molecule has 0 spiro atoms. The molecule has 0 radical (unpaired) electrons. The van der Waals surface area contributed by atoms with Gasteiger partial charge in [-0.1, -0.05) is 24.3 Å². The maximum Gasteiger partial charge on any atom is 0.175 e. The molecule has 0 heterocycles. The van der Waals surface area contributed by atoms with Crippen LogP contribution in [0.4, 0.5) is 4.39 Å². The van der Waals surface area contributed by atoms with Crippen molar-refractivity contribution in [1.29, 1.82) is 5.26 Å². The van der Waals surface area contributed by atoms with Crippen LogP contribution in [0.1, 0.15) is 11.1 Å². The number of nitrogens with zero attached hydrogens (tertiary/aromatic N) is 1. The molecule has 0 saturated heterocycles. The number of rotatable bonds is 3. The molecule has 21 heavy (non-hydrogen) atoms. The highest BCUT2D eigenvalue weighted by Gasteiger charge is 2.11. The number of sulfone groups is 1. The van der Waals surface area contributed by atoms with Gasteiger partial charge in [0, 0.05) is 12.3 Å². The monoisotopic (exact) mass is 301 g/mol. The Hall–Kier alpha value is -2.45. The van der Waals surface area contributed by atoms with Gasteiger partial charge in [-0.2, -0.15) is 5.26 Å². The predicted octanol–water partition coefficient (Wildman–Crippen LogP) is 3.18. The van der Waals surface area contributed by atoms with Crippen molar-refractivity contribution < 1.29 is 12.8 Å². The first-order valence-corrected chi connectivity index (χ1v) is 7.97. The van der Waals surface area contributed by atoms with Gasteiger partial charge in [-0.15, -0.1) is 0 Å². The summed E-state index contributed by atoms with van der Waals surface area (Å²) in [5.74, 6) is -0.375. The fourth-order valence-corrected chi connectivity index (χ4v) is 2.59. The normalized spacial score (nSPS) is 12.0. The Kier molecular flexibility index (Phi) is 4.20. The van der Waals surface area contributed by atoms with Crippen molar-refractivity contribution in [2.24, 2.45) is 0 Å². The Morgan fingerprint density at radius 1 is 1.14 bits per heavy atom. The zero-order valence-electron chi connectivity index (χ0n) is 11.2. The minimum atomic E-state index is -3.33. The molecule has 106 valence electrons. The van der Waals surface area contributed by atoms with Crippen LogP contribution >= 0.6 is 0 Å². The second kappa shape index (κ2) is 5.90. The lowest BCUT2D eigenvalue weighted by atomic mass is 9.98. The summed E-state index contributed by atoms with van der Waals surface area (Å²) in [4.78, 5) is 0.172. The third-order valence-electron chi connectivity index (χ3n) is 2.94. The van der Waals surface area contributed by atoms with Crippen molar-refractivity contribution >= 4 is 15.4 Å². The van der Waals surface area contributed by atoms with Crippen molar-refractivity contribution in [2.75, 3.05) is 6.26 Å². The van der Waals surface area contributed by atoms with Crippen LogP contribution in [0.15, 0.2) is 59.5 Å². The minimum absolute atomic E-state index is 0.172. The molecule has 3 nitrogen and oxygen atoms in total. The molecule has 0 amide bonds. The molecule has 0 saturated carbocycles. The second-order valence-corrected chi connectivity index (χ2v) is 6.51. The van der Waals surface area contributed by atoms with Gasteiger partial charge in [-0.3, -0.25) is 0 Å². The van der Waals surface area contributed by atoms with E-state index in [0.29, 0.717) is 16.7 Å². The summed E-state index contributed by atoms with van der Waals surface area (Å²) in [6, 6.07) is 13.9. The second-order valence-electron chi connectivity index (χ2n) is 4.49. The summed E-state index contributed by atoms with van der Waals surface area (Å²) in [5, 5.41) is 8.92. The molecule has 0 aliphatic rings. The van der Waals surface area contributed by atoms with E-state index in [-0.39, 0.29) is 10.7 Å². The summed E-state index contributed by atoms with van der Waals surface area (Å²) < 4.78 is 36.2. The van der Waals surface area contributed by atoms with Crippen LogP contribution in [0.3, 0.4) is 0 Å². The van der Waals surface area contributed by atoms with E-state index in [1.165, 1.54) is 30.3 Å². The number of allylic oxidation sites excluding steroid dienone is 1. The minimum Gasteiger partial charge on any atom is -0.224 e. The molecule has 0 N–H and O–H groups in total. The van der Waals surface area contributed by atoms with Crippen LogP contribution in [-0.4, -0.2) is 14.7 Å². The van der Waals surface area contributed by atoms with Crippen LogP contribution in [0.5, 0.6) is 0 Å². The molecule has 0 aromatic heterocycles. The highest BCUT2D eigenvalue weighted by molar-refractivity contribution is 7.90. The maximum absolute atomic E-state index is 13.0. The summed E-state index contributed by atoms with van der Waals surface area (Å²) in [6.45, 7) is 0. The fraction of sp³-hybridized carbons (Fsp3) is 0.0625. The highest BCUT2D eigenvalue weighted by atomic mass is 32.2. The van der Waals surface area contributed by atoms with E-state index in [1.807, 2.05) is 6.07 Å². The van der Waals surface area contributed by atoms with Gasteiger partial charge in [0.2, 0.25) is 0 Å². The van der Waals surface area contributed by atoms with Gasteiger partial charge in [0.05, 0.1) is 11.0 Å². The molecule has 2 rings (SSSR count). The van der Waals surface area contributed by atoms with E-state index in [9.17, 15) is 12.8 Å². The van der Waals surface area contributed by atoms with Gasteiger partial charge in [0.15, 0.2) is 9.84 Å². The van der Waals surface area contributed by atoms with Crippen LogP contribution < -0.4 is 0 Å². The van der Waals surface area contributed by atoms with Crippen LogP contribution in [0.25, 0.3) is 5.57 Å². The average molecular weight is 301 g/mol. The van der Waals surface area contributed by atoms with Gasteiger partial charge in [0.25, 0.3) is 0 Å². The topological polar surface area (TPSA) is 57.9 Å². The molecule has 0 fully saturated rings.